The highest BCUT2D eigenvalue weighted by Crippen LogP contribution is 2.08. The standard InChI is InChI=1S/C16H25NO2/c1-12(2)11-19-16(18)15(17)6-4-5-14-9-7-13(3)8-10-14/h7-10,12,15H,4-6,11,17H2,1-3H3. The van der Waals surface area contributed by atoms with Gasteiger partial charge in [-0.05, 0) is 37.7 Å². The number of aryl methyl sites for hydroxylation is 2. The number of benzene rings is 1. The predicted molar refractivity (Wildman–Crippen MR) is 77.9 cm³/mol. The lowest BCUT2D eigenvalue weighted by Crippen LogP contribution is -2.33. The molecular weight excluding hydrogens is 238 g/mol. The first-order valence-corrected chi connectivity index (χ1v) is 6.97. The summed E-state index contributed by atoms with van der Waals surface area (Å²) < 4.78 is 5.12. The summed E-state index contributed by atoms with van der Waals surface area (Å²) in [5.41, 5.74) is 8.36. The molecule has 1 aromatic carbocycles. The second-order valence-electron chi connectivity index (χ2n) is 5.51. The Labute approximate surface area is 116 Å². The molecular formula is C16H25NO2. The monoisotopic (exact) mass is 263 g/mol. The number of esters is 1. The maximum atomic E-state index is 11.6. The molecule has 1 unspecified atom stereocenters. The molecule has 0 bridgehead atoms. The van der Waals surface area contributed by atoms with Crippen LogP contribution in [0.15, 0.2) is 24.3 Å². The minimum atomic E-state index is -0.496. The zero-order valence-corrected chi connectivity index (χ0v) is 12.2. The fourth-order valence-corrected chi connectivity index (χ4v) is 1.75. The molecule has 0 aliphatic rings. The van der Waals surface area contributed by atoms with E-state index in [2.05, 4.69) is 31.2 Å². The van der Waals surface area contributed by atoms with E-state index in [1.807, 2.05) is 13.8 Å². The minimum Gasteiger partial charge on any atom is -0.464 e. The van der Waals surface area contributed by atoms with E-state index < -0.39 is 6.04 Å². The largest absolute Gasteiger partial charge is 0.464 e. The Balaban J connectivity index is 2.24. The van der Waals surface area contributed by atoms with Crippen LogP contribution in [0.4, 0.5) is 0 Å². The molecule has 3 heteroatoms. The number of carbonyl (C=O) groups is 1. The molecule has 1 rings (SSSR count). The van der Waals surface area contributed by atoms with E-state index in [1.165, 1.54) is 11.1 Å². The highest BCUT2D eigenvalue weighted by molar-refractivity contribution is 5.75. The van der Waals surface area contributed by atoms with Crippen molar-refractivity contribution >= 4 is 5.97 Å². The van der Waals surface area contributed by atoms with Gasteiger partial charge in [0.25, 0.3) is 0 Å². The maximum Gasteiger partial charge on any atom is 0.322 e. The van der Waals surface area contributed by atoms with Crippen LogP contribution in [-0.4, -0.2) is 18.6 Å². The molecule has 0 heterocycles. The molecule has 1 aromatic rings. The summed E-state index contributed by atoms with van der Waals surface area (Å²) in [5, 5.41) is 0. The van der Waals surface area contributed by atoms with E-state index in [-0.39, 0.29) is 5.97 Å². The van der Waals surface area contributed by atoms with Crippen LogP contribution >= 0.6 is 0 Å². The molecule has 0 saturated heterocycles. The van der Waals surface area contributed by atoms with Gasteiger partial charge in [0.1, 0.15) is 6.04 Å². The Morgan fingerprint density at radius 2 is 1.89 bits per heavy atom. The molecule has 0 saturated carbocycles. The minimum absolute atomic E-state index is 0.280. The quantitative estimate of drug-likeness (QED) is 0.770. The number of rotatable bonds is 7. The SMILES string of the molecule is Cc1ccc(CCCC(N)C(=O)OCC(C)C)cc1. The molecule has 2 N–H and O–H groups in total. The fraction of sp³-hybridized carbons (Fsp3) is 0.562. The zero-order valence-electron chi connectivity index (χ0n) is 12.2. The molecule has 0 aliphatic heterocycles. The summed E-state index contributed by atoms with van der Waals surface area (Å²) in [6.45, 7) is 6.54. The lowest BCUT2D eigenvalue weighted by molar-refractivity contribution is -0.146. The van der Waals surface area contributed by atoms with Crippen LogP contribution in [0.5, 0.6) is 0 Å². The summed E-state index contributed by atoms with van der Waals surface area (Å²) in [5.74, 6) is 0.0707. The first-order valence-electron chi connectivity index (χ1n) is 6.97. The van der Waals surface area contributed by atoms with E-state index in [9.17, 15) is 4.79 Å². The van der Waals surface area contributed by atoms with Crippen LogP contribution in [0.25, 0.3) is 0 Å². The second-order valence-corrected chi connectivity index (χ2v) is 5.51. The Morgan fingerprint density at radius 1 is 1.26 bits per heavy atom. The molecule has 0 amide bonds. The maximum absolute atomic E-state index is 11.6. The van der Waals surface area contributed by atoms with Crippen molar-refractivity contribution in [3.05, 3.63) is 35.4 Å². The van der Waals surface area contributed by atoms with Crippen LogP contribution in [0.3, 0.4) is 0 Å². The summed E-state index contributed by atoms with van der Waals surface area (Å²) in [4.78, 5) is 11.6. The van der Waals surface area contributed by atoms with Crippen LogP contribution in [0.1, 0.15) is 37.8 Å². The molecule has 0 aliphatic carbocycles. The fourth-order valence-electron chi connectivity index (χ4n) is 1.75. The van der Waals surface area contributed by atoms with Gasteiger partial charge in [-0.15, -0.1) is 0 Å². The van der Waals surface area contributed by atoms with Gasteiger partial charge in [-0.3, -0.25) is 4.79 Å². The molecule has 3 nitrogen and oxygen atoms in total. The molecule has 106 valence electrons. The summed E-state index contributed by atoms with van der Waals surface area (Å²) in [6, 6.07) is 7.96. The van der Waals surface area contributed by atoms with Crippen molar-refractivity contribution in [2.45, 2.75) is 46.1 Å². The summed E-state index contributed by atoms with van der Waals surface area (Å²) in [7, 11) is 0. The van der Waals surface area contributed by atoms with Gasteiger partial charge in [-0.25, -0.2) is 0 Å². The van der Waals surface area contributed by atoms with Gasteiger partial charge >= 0.3 is 5.97 Å². The average molecular weight is 263 g/mol. The van der Waals surface area contributed by atoms with E-state index >= 15 is 0 Å². The molecule has 19 heavy (non-hydrogen) atoms. The molecule has 0 fully saturated rings. The summed E-state index contributed by atoms with van der Waals surface area (Å²) >= 11 is 0. The topological polar surface area (TPSA) is 52.3 Å². The van der Waals surface area contributed by atoms with E-state index in [0.29, 0.717) is 18.9 Å². The number of nitrogens with two attached hydrogens (primary N) is 1. The van der Waals surface area contributed by atoms with Crippen molar-refractivity contribution in [3.8, 4) is 0 Å². The number of ether oxygens (including phenoxy) is 1. The first-order chi connectivity index (χ1) is 8.99. The highest BCUT2D eigenvalue weighted by Gasteiger charge is 2.14. The van der Waals surface area contributed by atoms with Gasteiger partial charge in [0, 0.05) is 0 Å². The van der Waals surface area contributed by atoms with Gasteiger partial charge in [0.05, 0.1) is 6.61 Å². The number of hydrogen-bond acceptors (Lipinski definition) is 3. The average Bonchev–Trinajstić information content (AvgIpc) is 2.38. The van der Waals surface area contributed by atoms with Crippen LogP contribution in [0, 0.1) is 12.8 Å². The smallest absolute Gasteiger partial charge is 0.322 e. The predicted octanol–water partition coefficient (Wildman–Crippen LogP) is 2.84. The van der Waals surface area contributed by atoms with Gasteiger partial charge in [-0.2, -0.15) is 0 Å². The number of carbonyl (C=O) groups excluding carboxylic acids is 1. The van der Waals surface area contributed by atoms with Crippen molar-refractivity contribution < 1.29 is 9.53 Å². The van der Waals surface area contributed by atoms with E-state index in [1.54, 1.807) is 0 Å². The Morgan fingerprint density at radius 3 is 2.47 bits per heavy atom. The molecule has 0 radical (unpaired) electrons. The first kappa shape index (κ1) is 15.7. The van der Waals surface area contributed by atoms with Gasteiger partial charge in [0.2, 0.25) is 0 Å². The van der Waals surface area contributed by atoms with Crippen molar-refractivity contribution in [1.82, 2.24) is 0 Å². The third kappa shape index (κ3) is 6.39. The second kappa shape index (κ2) is 7.95. The highest BCUT2D eigenvalue weighted by atomic mass is 16.5. The van der Waals surface area contributed by atoms with Crippen LogP contribution in [0.2, 0.25) is 0 Å². The van der Waals surface area contributed by atoms with Crippen LogP contribution < -0.4 is 5.73 Å². The lowest BCUT2D eigenvalue weighted by atomic mass is 10.0. The third-order valence-electron chi connectivity index (χ3n) is 2.96. The molecule has 0 aromatic heterocycles. The Hall–Kier alpha value is -1.35. The lowest BCUT2D eigenvalue weighted by Gasteiger charge is -2.12. The van der Waals surface area contributed by atoms with Crippen molar-refractivity contribution in [2.75, 3.05) is 6.61 Å². The van der Waals surface area contributed by atoms with Crippen molar-refractivity contribution in [2.24, 2.45) is 11.7 Å². The summed E-state index contributed by atoms with van der Waals surface area (Å²) in [6.07, 6.45) is 2.53. The van der Waals surface area contributed by atoms with E-state index in [0.717, 1.165) is 12.8 Å². The molecule has 1 atom stereocenters. The van der Waals surface area contributed by atoms with Gasteiger partial charge in [-0.1, -0.05) is 43.7 Å². The molecule has 0 spiro atoms. The number of hydrogen-bond donors (Lipinski definition) is 1. The van der Waals surface area contributed by atoms with E-state index in [4.69, 9.17) is 10.5 Å². The normalized spacial score (nSPS) is 12.5. The Bertz CT molecular complexity index is 384. The van der Waals surface area contributed by atoms with Gasteiger partial charge in [0.15, 0.2) is 0 Å². The zero-order chi connectivity index (χ0) is 14.3. The third-order valence-corrected chi connectivity index (χ3v) is 2.96. The van der Waals surface area contributed by atoms with Gasteiger partial charge < -0.3 is 10.5 Å². The van der Waals surface area contributed by atoms with Crippen LogP contribution in [-0.2, 0) is 16.0 Å². The Kier molecular flexibility index (Phi) is 6.57. The van der Waals surface area contributed by atoms with Crippen molar-refractivity contribution in [3.63, 3.8) is 0 Å². The van der Waals surface area contributed by atoms with Crippen molar-refractivity contribution in [1.29, 1.82) is 0 Å².